The zero-order valence-electron chi connectivity index (χ0n) is 8.97. The molecule has 0 aliphatic carbocycles. The van der Waals surface area contributed by atoms with Crippen molar-refractivity contribution in [2.75, 3.05) is 0 Å². The van der Waals surface area contributed by atoms with Gasteiger partial charge in [-0.2, -0.15) is 0 Å². The Hall–Kier alpha value is -2.08. The smallest absolute Gasteiger partial charge is 0.339 e. The molecule has 5 nitrogen and oxygen atoms in total. The zero-order chi connectivity index (χ0) is 12.4. The molecule has 0 amide bonds. The first-order valence-corrected chi connectivity index (χ1v) is 5.25. The van der Waals surface area contributed by atoms with Crippen molar-refractivity contribution in [2.24, 2.45) is 0 Å². The minimum Gasteiger partial charge on any atom is -0.478 e. The van der Waals surface area contributed by atoms with Crippen LogP contribution in [0.25, 0.3) is 11.3 Å². The summed E-state index contributed by atoms with van der Waals surface area (Å²) in [5.41, 5.74) is 1.66. The Labute approximate surface area is 102 Å². The van der Waals surface area contributed by atoms with Crippen LogP contribution < -0.4 is 0 Å². The fourth-order valence-electron chi connectivity index (χ4n) is 1.57. The maximum atomic E-state index is 11.2. The minimum atomic E-state index is -1.03. The van der Waals surface area contributed by atoms with Gasteiger partial charge in [-0.15, -0.1) is 0 Å². The second kappa shape index (κ2) is 4.42. The molecule has 0 bridgehead atoms. The maximum absolute atomic E-state index is 11.2. The Bertz CT molecular complexity index is 622. The van der Waals surface area contributed by atoms with Gasteiger partial charge in [0.15, 0.2) is 4.77 Å². The Balaban J connectivity index is 2.77. The van der Waals surface area contributed by atoms with Crippen LogP contribution in [0, 0.1) is 11.7 Å². The van der Waals surface area contributed by atoms with E-state index in [0.717, 1.165) is 0 Å². The van der Waals surface area contributed by atoms with Crippen molar-refractivity contribution >= 4 is 18.2 Å². The molecule has 0 radical (unpaired) electrons. The first kappa shape index (κ1) is 11.4. The van der Waals surface area contributed by atoms with E-state index in [1.807, 2.05) is 0 Å². The number of nitrogens with one attached hydrogen (secondary N) is 1. The van der Waals surface area contributed by atoms with Crippen molar-refractivity contribution in [2.45, 2.75) is 6.92 Å². The van der Waals surface area contributed by atoms with E-state index < -0.39 is 5.97 Å². The molecule has 2 rings (SSSR count). The first-order valence-electron chi connectivity index (χ1n) is 4.84. The summed E-state index contributed by atoms with van der Waals surface area (Å²) < 4.78 is 0.263. The third kappa shape index (κ3) is 2.21. The summed E-state index contributed by atoms with van der Waals surface area (Å²) in [6, 6.07) is 3.39. The fraction of sp³-hybridized carbons (Fsp3) is 0.0909. The molecule has 86 valence electrons. The van der Waals surface area contributed by atoms with Gasteiger partial charge in [0.25, 0.3) is 0 Å². The van der Waals surface area contributed by atoms with E-state index in [2.05, 4.69) is 15.0 Å². The van der Waals surface area contributed by atoms with E-state index in [4.69, 9.17) is 12.2 Å². The van der Waals surface area contributed by atoms with Gasteiger partial charge in [0.2, 0.25) is 0 Å². The van der Waals surface area contributed by atoms with Crippen LogP contribution in [0.15, 0.2) is 24.5 Å². The summed E-state index contributed by atoms with van der Waals surface area (Å²) >= 11 is 4.96. The number of hydrogen-bond donors (Lipinski definition) is 2. The van der Waals surface area contributed by atoms with Crippen LogP contribution in [0.2, 0.25) is 0 Å². The third-order valence-electron chi connectivity index (χ3n) is 2.29. The summed E-state index contributed by atoms with van der Waals surface area (Å²) in [4.78, 5) is 21.9. The summed E-state index contributed by atoms with van der Waals surface area (Å²) in [5.74, 6) is -1.03. The lowest BCUT2D eigenvalue weighted by Gasteiger charge is -2.07. The molecule has 0 aliphatic heterocycles. The molecule has 2 N–H and O–H groups in total. The zero-order valence-corrected chi connectivity index (χ0v) is 9.78. The monoisotopic (exact) mass is 247 g/mol. The molecular formula is C11H9N3O2S. The number of aromatic amines is 1. The van der Waals surface area contributed by atoms with Crippen molar-refractivity contribution in [3.05, 3.63) is 40.6 Å². The number of aromatic nitrogens is 3. The first-order chi connectivity index (χ1) is 8.09. The molecular weight excluding hydrogens is 238 g/mol. The summed E-state index contributed by atoms with van der Waals surface area (Å²) in [5, 5.41) is 9.19. The number of rotatable bonds is 2. The van der Waals surface area contributed by atoms with Gasteiger partial charge in [0.1, 0.15) is 5.56 Å². The van der Waals surface area contributed by atoms with Gasteiger partial charge in [0.05, 0.1) is 5.69 Å². The lowest BCUT2D eigenvalue weighted by molar-refractivity contribution is 0.0696. The lowest BCUT2D eigenvalue weighted by Crippen LogP contribution is -2.07. The Morgan fingerprint density at radius 1 is 1.41 bits per heavy atom. The topological polar surface area (TPSA) is 78.9 Å². The van der Waals surface area contributed by atoms with E-state index in [1.165, 1.54) is 0 Å². The highest BCUT2D eigenvalue weighted by molar-refractivity contribution is 7.71. The van der Waals surface area contributed by atoms with Crippen LogP contribution in [0.3, 0.4) is 0 Å². The molecule has 2 aromatic heterocycles. The van der Waals surface area contributed by atoms with Crippen molar-refractivity contribution in [3.63, 3.8) is 0 Å². The van der Waals surface area contributed by atoms with E-state index in [0.29, 0.717) is 17.0 Å². The molecule has 17 heavy (non-hydrogen) atoms. The number of aryl methyl sites for hydroxylation is 1. The van der Waals surface area contributed by atoms with Gasteiger partial charge in [-0.3, -0.25) is 4.98 Å². The van der Waals surface area contributed by atoms with Crippen LogP contribution >= 0.6 is 12.2 Å². The average molecular weight is 247 g/mol. The summed E-state index contributed by atoms with van der Waals surface area (Å²) in [6.45, 7) is 1.66. The largest absolute Gasteiger partial charge is 0.478 e. The number of carbonyl (C=O) groups is 1. The maximum Gasteiger partial charge on any atom is 0.339 e. The fourth-order valence-corrected chi connectivity index (χ4v) is 1.81. The molecule has 0 saturated heterocycles. The molecule has 0 unspecified atom stereocenters. The molecule has 0 spiro atoms. The number of nitrogens with zero attached hydrogens (tertiary/aromatic N) is 2. The minimum absolute atomic E-state index is 0.129. The average Bonchev–Trinajstić information content (AvgIpc) is 2.28. The molecule has 0 fully saturated rings. The van der Waals surface area contributed by atoms with Crippen molar-refractivity contribution in [1.82, 2.24) is 15.0 Å². The van der Waals surface area contributed by atoms with Gasteiger partial charge < -0.3 is 10.1 Å². The summed E-state index contributed by atoms with van der Waals surface area (Å²) in [7, 11) is 0. The number of aromatic carboxylic acids is 1. The van der Waals surface area contributed by atoms with Gasteiger partial charge in [-0.1, -0.05) is 0 Å². The van der Waals surface area contributed by atoms with Crippen LogP contribution in [-0.2, 0) is 0 Å². The molecule has 6 heteroatoms. The number of pyridine rings is 1. The third-order valence-corrected chi connectivity index (χ3v) is 2.48. The van der Waals surface area contributed by atoms with Gasteiger partial charge in [-0.25, -0.2) is 9.78 Å². The second-order valence-corrected chi connectivity index (χ2v) is 3.82. The highest BCUT2D eigenvalue weighted by atomic mass is 32.1. The number of H-pyrrole nitrogens is 1. The van der Waals surface area contributed by atoms with Crippen LogP contribution in [0.5, 0.6) is 0 Å². The standard InChI is InChI=1S/C11H9N3O2S/c1-6-8(10(15)16)9(14-11(17)13-6)7-2-4-12-5-3-7/h2-5H,1H3,(H,15,16)(H,13,14,17). The molecule has 2 aromatic rings. The lowest BCUT2D eigenvalue weighted by atomic mass is 10.1. The Morgan fingerprint density at radius 3 is 2.65 bits per heavy atom. The van der Waals surface area contributed by atoms with Gasteiger partial charge >= 0.3 is 5.97 Å². The molecule has 0 saturated carbocycles. The van der Waals surface area contributed by atoms with Gasteiger partial charge in [-0.05, 0) is 31.3 Å². The Morgan fingerprint density at radius 2 is 2.06 bits per heavy atom. The number of carboxylic acid groups (broad SMARTS) is 1. The van der Waals surface area contributed by atoms with Crippen molar-refractivity contribution in [1.29, 1.82) is 0 Å². The quantitative estimate of drug-likeness (QED) is 0.795. The van der Waals surface area contributed by atoms with Crippen LogP contribution in [0.1, 0.15) is 16.1 Å². The molecule has 0 atom stereocenters. The van der Waals surface area contributed by atoms with Crippen LogP contribution in [0.4, 0.5) is 0 Å². The van der Waals surface area contributed by atoms with Crippen LogP contribution in [-0.4, -0.2) is 26.0 Å². The normalized spacial score (nSPS) is 10.2. The number of carboxylic acids is 1. The molecule has 0 aromatic carbocycles. The molecule has 2 heterocycles. The van der Waals surface area contributed by atoms with E-state index in [-0.39, 0.29) is 10.3 Å². The molecule has 0 aliphatic rings. The Kier molecular flexibility index (Phi) is 2.97. The predicted octanol–water partition coefficient (Wildman–Crippen LogP) is 2.21. The van der Waals surface area contributed by atoms with Crippen molar-refractivity contribution in [3.8, 4) is 11.3 Å². The van der Waals surface area contributed by atoms with E-state index in [1.54, 1.807) is 31.5 Å². The van der Waals surface area contributed by atoms with Gasteiger partial charge in [0, 0.05) is 23.7 Å². The predicted molar refractivity (Wildman–Crippen MR) is 64.3 cm³/mol. The van der Waals surface area contributed by atoms with E-state index >= 15 is 0 Å². The highest BCUT2D eigenvalue weighted by Gasteiger charge is 2.16. The SMILES string of the molecule is Cc1[nH]c(=S)nc(-c2ccncc2)c1C(=O)O. The second-order valence-electron chi connectivity index (χ2n) is 3.43. The van der Waals surface area contributed by atoms with Crippen molar-refractivity contribution < 1.29 is 9.90 Å². The highest BCUT2D eigenvalue weighted by Crippen LogP contribution is 2.22. The van der Waals surface area contributed by atoms with E-state index in [9.17, 15) is 9.90 Å². The summed E-state index contributed by atoms with van der Waals surface area (Å²) in [6.07, 6.45) is 3.16. The number of hydrogen-bond acceptors (Lipinski definition) is 4.